The predicted octanol–water partition coefficient (Wildman–Crippen LogP) is 5.16. The summed E-state index contributed by atoms with van der Waals surface area (Å²) in [5.74, 6) is 0.0418. The van der Waals surface area contributed by atoms with Crippen LogP contribution in [-0.4, -0.2) is 29.2 Å². The van der Waals surface area contributed by atoms with Gasteiger partial charge in [-0.05, 0) is 43.3 Å². The van der Waals surface area contributed by atoms with Crippen LogP contribution in [0, 0.1) is 18.3 Å². The largest absolute Gasteiger partial charge is 0.452 e. The molecule has 0 saturated heterocycles. The van der Waals surface area contributed by atoms with Gasteiger partial charge in [0, 0.05) is 20.9 Å². The molecular weight excluding hydrogens is 450 g/mol. The maximum absolute atomic E-state index is 12.2. The number of ether oxygens (including phenoxy) is 1. The average molecular weight is 470 g/mol. The number of benzene rings is 2. The topological polar surface area (TPSA) is 92.1 Å². The molecule has 0 aliphatic rings. The lowest BCUT2D eigenvalue weighted by molar-refractivity contribution is -0.119. The molecule has 0 radical (unpaired) electrons. The van der Waals surface area contributed by atoms with Crippen LogP contribution in [0.5, 0.6) is 0 Å². The van der Waals surface area contributed by atoms with Gasteiger partial charge < -0.3 is 10.1 Å². The molecule has 0 aliphatic heterocycles. The Hall–Kier alpha value is -2.80. The Morgan fingerprint density at radius 2 is 1.94 bits per heavy atom. The number of aromatic nitrogens is 1. The lowest BCUT2D eigenvalue weighted by Gasteiger charge is -2.10. The zero-order chi connectivity index (χ0) is 22.1. The summed E-state index contributed by atoms with van der Waals surface area (Å²) in [5, 5.41) is 14.5. The first-order chi connectivity index (χ1) is 15.0. The van der Waals surface area contributed by atoms with Gasteiger partial charge in [-0.1, -0.05) is 12.1 Å². The van der Waals surface area contributed by atoms with Gasteiger partial charge in [0.1, 0.15) is 0 Å². The highest BCUT2D eigenvalue weighted by atomic mass is 32.2. The van der Waals surface area contributed by atoms with E-state index in [2.05, 4.69) is 16.4 Å². The molecule has 0 bridgehead atoms. The molecular formula is C22H19N3O3S3. The van der Waals surface area contributed by atoms with Gasteiger partial charge in [0.05, 0.1) is 33.8 Å². The highest BCUT2D eigenvalue weighted by Gasteiger charge is 2.12. The summed E-state index contributed by atoms with van der Waals surface area (Å²) < 4.78 is 5.13. The van der Waals surface area contributed by atoms with Crippen LogP contribution in [-0.2, 0) is 15.3 Å². The normalized spacial score (nSPS) is 10.3. The van der Waals surface area contributed by atoms with Crippen molar-refractivity contribution in [1.29, 1.82) is 5.26 Å². The van der Waals surface area contributed by atoms with E-state index in [0.717, 1.165) is 26.2 Å². The molecule has 1 aromatic heterocycles. The second-order valence-electron chi connectivity index (χ2n) is 6.24. The molecule has 0 spiro atoms. The molecule has 0 atom stereocenters. The van der Waals surface area contributed by atoms with Crippen LogP contribution in [0.3, 0.4) is 0 Å². The monoisotopic (exact) mass is 469 g/mol. The number of anilines is 1. The van der Waals surface area contributed by atoms with Crippen LogP contribution in [0.4, 0.5) is 5.69 Å². The molecule has 0 unspecified atom stereocenters. The van der Waals surface area contributed by atoms with Gasteiger partial charge in [0.15, 0.2) is 6.61 Å². The first-order valence-corrected chi connectivity index (χ1v) is 12.1. The number of nitriles is 1. The summed E-state index contributed by atoms with van der Waals surface area (Å²) in [4.78, 5) is 30.7. The minimum Gasteiger partial charge on any atom is -0.452 e. The van der Waals surface area contributed by atoms with Crippen molar-refractivity contribution in [1.82, 2.24) is 4.98 Å². The molecule has 0 saturated carbocycles. The zero-order valence-electron chi connectivity index (χ0n) is 16.7. The summed E-state index contributed by atoms with van der Waals surface area (Å²) in [7, 11) is 0. The van der Waals surface area contributed by atoms with Crippen molar-refractivity contribution in [3.63, 3.8) is 0 Å². The van der Waals surface area contributed by atoms with E-state index < -0.39 is 18.5 Å². The number of esters is 1. The van der Waals surface area contributed by atoms with Crippen LogP contribution >= 0.6 is 34.9 Å². The number of rotatable bonds is 9. The molecule has 9 heteroatoms. The lowest BCUT2D eigenvalue weighted by Crippen LogP contribution is -2.21. The van der Waals surface area contributed by atoms with Crippen molar-refractivity contribution in [3.05, 3.63) is 70.2 Å². The number of thiazole rings is 1. The summed E-state index contributed by atoms with van der Waals surface area (Å²) in [5.41, 5.74) is 2.00. The fourth-order valence-electron chi connectivity index (χ4n) is 2.53. The molecule has 31 heavy (non-hydrogen) atoms. The number of hydrogen-bond donors (Lipinski definition) is 1. The molecule has 1 heterocycles. The van der Waals surface area contributed by atoms with Gasteiger partial charge in [0.25, 0.3) is 5.91 Å². The summed E-state index contributed by atoms with van der Waals surface area (Å²) in [6.45, 7) is 1.59. The first-order valence-electron chi connectivity index (χ1n) is 9.25. The second kappa shape index (κ2) is 11.6. The molecule has 2 aromatic carbocycles. The van der Waals surface area contributed by atoms with E-state index in [1.807, 2.05) is 36.6 Å². The Kier molecular flexibility index (Phi) is 8.53. The molecule has 3 aromatic rings. The van der Waals surface area contributed by atoms with E-state index in [1.54, 1.807) is 47.4 Å². The van der Waals surface area contributed by atoms with Crippen molar-refractivity contribution in [2.45, 2.75) is 22.5 Å². The molecule has 3 rings (SSSR count). The molecule has 1 amide bonds. The highest BCUT2D eigenvalue weighted by molar-refractivity contribution is 7.99. The van der Waals surface area contributed by atoms with E-state index in [-0.39, 0.29) is 5.75 Å². The number of nitrogens with one attached hydrogen (secondary N) is 1. The molecule has 1 N–H and O–H groups in total. The summed E-state index contributed by atoms with van der Waals surface area (Å²) >= 11 is 4.59. The number of amides is 1. The summed E-state index contributed by atoms with van der Waals surface area (Å²) in [6, 6.07) is 16.3. The Morgan fingerprint density at radius 1 is 1.16 bits per heavy atom. The number of thioether (sulfide) groups is 2. The molecule has 0 aliphatic carbocycles. The molecule has 6 nitrogen and oxygen atoms in total. The minimum atomic E-state index is -0.561. The van der Waals surface area contributed by atoms with Gasteiger partial charge in [-0.15, -0.1) is 34.9 Å². The third-order valence-electron chi connectivity index (χ3n) is 3.93. The van der Waals surface area contributed by atoms with E-state index in [0.29, 0.717) is 11.3 Å². The van der Waals surface area contributed by atoms with E-state index >= 15 is 0 Å². The van der Waals surface area contributed by atoms with Crippen molar-refractivity contribution in [2.75, 3.05) is 17.7 Å². The maximum atomic E-state index is 12.2. The van der Waals surface area contributed by atoms with Gasteiger partial charge in [-0.25, -0.2) is 9.78 Å². The molecule has 0 fully saturated rings. The van der Waals surface area contributed by atoms with E-state index in [4.69, 9.17) is 10.00 Å². The maximum Gasteiger partial charge on any atom is 0.338 e. The SMILES string of the molecule is Cc1nc(CSc2ccc(C(=O)OCC(=O)Nc3ccccc3SCC#N)cc2)cs1. The fourth-order valence-corrected chi connectivity index (χ4v) is 4.70. The Bertz CT molecular complexity index is 1090. The first kappa shape index (κ1) is 22.9. The zero-order valence-corrected chi connectivity index (χ0v) is 19.1. The van der Waals surface area contributed by atoms with Crippen LogP contribution in [0.25, 0.3) is 0 Å². The number of nitrogens with zero attached hydrogens (tertiary/aromatic N) is 2. The number of aryl methyl sites for hydroxylation is 1. The Morgan fingerprint density at radius 3 is 2.65 bits per heavy atom. The Balaban J connectivity index is 1.48. The van der Waals surface area contributed by atoms with Crippen LogP contribution in [0.15, 0.2) is 63.7 Å². The van der Waals surface area contributed by atoms with E-state index in [9.17, 15) is 9.59 Å². The Labute approximate surface area is 193 Å². The number of carbonyl (C=O) groups excluding carboxylic acids is 2. The van der Waals surface area contributed by atoms with Crippen LogP contribution in [0.1, 0.15) is 21.1 Å². The van der Waals surface area contributed by atoms with Crippen LogP contribution in [0.2, 0.25) is 0 Å². The third-order valence-corrected chi connectivity index (χ3v) is 6.74. The van der Waals surface area contributed by atoms with E-state index in [1.165, 1.54) is 11.8 Å². The standard InChI is InChI=1S/C22H19N3O3S3/c1-15-24-17(13-30-15)14-31-18-8-6-16(7-9-18)22(27)28-12-21(26)25-19-4-2-3-5-20(19)29-11-10-23/h2-9,13H,11-12,14H2,1H3,(H,25,26). The van der Waals surface area contributed by atoms with Gasteiger partial charge in [-0.2, -0.15) is 5.26 Å². The van der Waals surface area contributed by atoms with Crippen molar-refractivity contribution in [3.8, 4) is 6.07 Å². The van der Waals surface area contributed by atoms with Crippen molar-refractivity contribution < 1.29 is 14.3 Å². The minimum absolute atomic E-state index is 0.277. The summed E-state index contributed by atoms with van der Waals surface area (Å²) in [6.07, 6.45) is 0. The van der Waals surface area contributed by atoms with Gasteiger partial charge in [0.2, 0.25) is 0 Å². The van der Waals surface area contributed by atoms with Crippen molar-refractivity contribution in [2.24, 2.45) is 0 Å². The fraction of sp³-hybridized carbons (Fsp3) is 0.182. The highest BCUT2D eigenvalue weighted by Crippen LogP contribution is 2.27. The predicted molar refractivity (Wildman–Crippen MR) is 125 cm³/mol. The quantitative estimate of drug-likeness (QED) is 0.342. The molecule has 158 valence electrons. The lowest BCUT2D eigenvalue weighted by atomic mass is 10.2. The average Bonchev–Trinajstić information content (AvgIpc) is 3.21. The van der Waals surface area contributed by atoms with Crippen molar-refractivity contribution >= 4 is 52.4 Å². The second-order valence-corrected chi connectivity index (χ2v) is 9.37. The van der Waals surface area contributed by atoms with Gasteiger partial charge >= 0.3 is 5.97 Å². The number of carbonyl (C=O) groups is 2. The van der Waals surface area contributed by atoms with Crippen LogP contribution < -0.4 is 5.32 Å². The third kappa shape index (κ3) is 7.14. The number of para-hydroxylation sites is 1. The smallest absolute Gasteiger partial charge is 0.338 e. The van der Waals surface area contributed by atoms with Gasteiger partial charge in [-0.3, -0.25) is 4.79 Å². The number of hydrogen-bond acceptors (Lipinski definition) is 8.